The molecule has 3 aromatic rings. The van der Waals surface area contributed by atoms with Crippen LogP contribution in [0.3, 0.4) is 0 Å². The summed E-state index contributed by atoms with van der Waals surface area (Å²) in [7, 11) is -4.13. The Labute approximate surface area is 138 Å². The molecule has 7 heteroatoms. The number of H-pyrrole nitrogens is 1. The fourth-order valence-electron chi connectivity index (χ4n) is 2.49. The van der Waals surface area contributed by atoms with Gasteiger partial charge in [-0.2, -0.15) is 0 Å². The van der Waals surface area contributed by atoms with Gasteiger partial charge < -0.3 is 15.0 Å². The Hall–Kier alpha value is -2.40. The molecule has 0 fully saturated rings. The van der Waals surface area contributed by atoms with Gasteiger partial charge in [-0.15, -0.1) is 0 Å². The Kier molecular flexibility index (Phi) is 4.53. The summed E-state index contributed by atoms with van der Waals surface area (Å²) in [5, 5.41) is 10.2. The molecule has 1 aromatic heterocycles. The number of hydrogen-bond donors (Lipinski definition) is 3. The van der Waals surface area contributed by atoms with Gasteiger partial charge in [0.25, 0.3) is 0 Å². The molecule has 0 aliphatic heterocycles. The van der Waals surface area contributed by atoms with E-state index in [0.717, 1.165) is 10.9 Å². The molecule has 0 aliphatic carbocycles. The number of para-hydroxylation sites is 1. The van der Waals surface area contributed by atoms with Crippen molar-refractivity contribution in [1.29, 1.82) is 0 Å². The van der Waals surface area contributed by atoms with Gasteiger partial charge in [0.05, 0.1) is 11.9 Å². The van der Waals surface area contributed by atoms with Gasteiger partial charge in [-0.05, 0) is 23.1 Å². The summed E-state index contributed by atoms with van der Waals surface area (Å²) in [5.74, 6) is -1.33. The molecule has 3 N–H and O–H groups in total. The van der Waals surface area contributed by atoms with Crippen LogP contribution in [0.2, 0.25) is 0 Å². The predicted molar refractivity (Wildman–Crippen MR) is 89.7 cm³/mol. The molecule has 6 nitrogen and oxygen atoms in total. The third-order valence-corrected chi connectivity index (χ3v) is 4.86. The minimum Gasteiger partial charge on any atom is -0.479 e. The highest BCUT2D eigenvalue weighted by molar-refractivity contribution is 7.52. The van der Waals surface area contributed by atoms with Gasteiger partial charge in [-0.3, -0.25) is 9.09 Å². The van der Waals surface area contributed by atoms with Crippen LogP contribution >= 0.6 is 7.60 Å². The number of rotatable bonds is 6. The molecule has 0 aliphatic rings. The maximum absolute atomic E-state index is 12.3. The zero-order valence-corrected chi connectivity index (χ0v) is 13.5. The van der Waals surface area contributed by atoms with E-state index in [1.807, 2.05) is 18.2 Å². The third kappa shape index (κ3) is 3.74. The Morgan fingerprint density at radius 1 is 1.12 bits per heavy atom. The Morgan fingerprint density at radius 2 is 1.79 bits per heavy atom. The van der Waals surface area contributed by atoms with Crippen molar-refractivity contribution in [1.82, 2.24) is 4.98 Å². The number of carboxylic acid groups (broad SMARTS) is 1. The predicted octanol–water partition coefficient (Wildman–Crippen LogP) is 3.70. The Bertz CT molecular complexity index is 872. The van der Waals surface area contributed by atoms with E-state index in [2.05, 4.69) is 4.98 Å². The molecule has 3 rings (SSSR count). The second-order valence-corrected chi connectivity index (χ2v) is 7.22. The standard InChI is InChI=1S/C17H16NO5P/c19-17(20)16(15-10-13-8-4-5-9-14(13)18-15)23-24(21,22)11-12-6-2-1-3-7-12/h1-10,16,18H,11H2,(H,19,20)(H,21,22). The number of aromatic nitrogens is 1. The largest absolute Gasteiger partial charge is 0.479 e. The molecule has 1 heterocycles. The fraction of sp³-hybridized carbons (Fsp3) is 0.118. The first-order valence-corrected chi connectivity index (χ1v) is 9.05. The molecule has 0 bridgehead atoms. The lowest BCUT2D eigenvalue weighted by Crippen LogP contribution is -2.15. The van der Waals surface area contributed by atoms with Crippen molar-refractivity contribution in [3.8, 4) is 0 Å². The second-order valence-electron chi connectivity index (χ2n) is 5.42. The molecular weight excluding hydrogens is 329 g/mol. The minimum absolute atomic E-state index is 0.228. The van der Waals surface area contributed by atoms with Gasteiger partial charge >= 0.3 is 13.6 Å². The molecule has 0 saturated carbocycles. The zero-order chi connectivity index (χ0) is 17.2. The zero-order valence-electron chi connectivity index (χ0n) is 12.6. The number of carboxylic acids is 1. The van der Waals surface area contributed by atoms with E-state index in [1.165, 1.54) is 0 Å². The molecule has 0 saturated heterocycles. The Morgan fingerprint density at radius 3 is 2.46 bits per heavy atom. The second kappa shape index (κ2) is 6.61. The lowest BCUT2D eigenvalue weighted by molar-refractivity contribution is -0.146. The number of hydrogen-bond acceptors (Lipinski definition) is 3. The van der Waals surface area contributed by atoms with Crippen LogP contribution in [0.1, 0.15) is 17.4 Å². The average Bonchev–Trinajstić information content (AvgIpc) is 2.96. The van der Waals surface area contributed by atoms with E-state index in [-0.39, 0.29) is 11.9 Å². The number of fused-ring (bicyclic) bond motifs is 1. The highest BCUT2D eigenvalue weighted by Crippen LogP contribution is 2.50. The van der Waals surface area contributed by atoms with Gasteiger partial charge in [-0.25, -0.2) is 4.79 Å². The quantitative estimate of drug-likeness (QED) is 0.592. The summed E-state index contributed by atoms with van der Waals surface area (Å²) in [4.78, 5) is 24.5. The molecular formula is C17H16NO5P. The molecule has 0 amide bonds. The number of aliphatic carboxylic acids is 1. The van der Waals surface area contributed by atoms with E-state index in [0.29, 0.717) is 5.56 Å². The molecule has 124 valence electrons. The Balaban J connectivity index is 1.85. The van der Waals surface area contributed by atoms with Crippen molar-refractivity contribution < 1.29 is 23.9 Å². The summed E-state index contributed by atoms with van der Waals surface area (Å²) in [6.45, 7) is 0. The van der Waals surface area contributed by atoms with Crippen LogP contribution in [0.15, 0.2) is 60.7 Å². The van der Waals surface area contributed by atoms with Crippen molar-refractivity contribution in [3.63, 3.8) is 0 Å². The van der Waals surface area contributed by atoms with Crippen molar-refractivity contribution >= 4 is 24.5 Å². The number of carbonyl (C=O) groups is 1. The summed E-state index contributed by atoms with van der Waals surface area (Å²) in [6.07, 6.45) is -1.80. The smallest absolute Gasteiger partial charge is 0.339 e. The molecule has 2 atom stereocenters. The summed E-state index contributed by atoms with van der Waals surface area (Å²) in [5.41, 5.74) is 1.56. The van der Waals surface area contributed by atoms with E-state index < -0.39 is 19.7 Å². The highest BCUT2D eigenvalue weighted by Gasteiger charge is 2.32. The molecule has 2 aromatic carbocycles. The maximum atomic E-state index is 12.3. The fourth-order valence-corrected chi connectivity index (χ4v) is 3.77. The number of nitrogens with one attached hydrogen (secondary N) is 1. The van der Waals surface area contributed by atoms with E-state index >= 15 is 0 Å². The molecule has 0 spiro atoms. The SMILES string of the molecule is O=C(O)C(OP(=O)(O)Cc1ccccc1)c1cc2ccccc2[nH]1. The third-order valence-electron chi connectivity index (χ3n) is 3.55. The lowest BCUT2D eigenvalue weighted by atomic mass is 10.2. The molecule has 2 unspecified atom stereocenters. The molecule has 0 radical (unpaired) electrons. The van der Waals surface area contributed by atoms with Crippen LogP contribution in [0.25, 0.3) is 10.9 Å². The summed E-state index contributed by atoms with van der Waals surface area (Å²) < 4.78 is 17.4. The van der Waals surface area contributed by atoms with Gasteiger partial charge in [0.15, 0.2) is 0 Å². The maximum Gasteiger partial charge on any atom is 0.339 e. The van der Waals surface area contributed by atoms with Crippen molar-refractivity contribution in [2.75, 3.05) is 0 Å². The summed E-state index contributed by atoms with van der Waals surface area (Å²) >= 11 is 0. The normalized spacial score (nSPS) is 15.0. The van der Waals surface area contributed by atoms with Crippen molar-refractivity contribution in [2.24, 2.45) is 0 Å². The van der Waals surface area contributed by atoms with Crippen LogP contribution < -0.4 is 0 Å². The lowest BCUT2D eigenvalue weighted by Gasteiger charge is -2.17. The van der Waals surface area contributed by atoms with E-state index in [1.54, 1.807) is 42.5 Å². The van der Waals surface area contributed by atoms with Crippen LogP contribution in [0.4, 0.5) is 0 Å². The minimum atomic E-state index is -4.13. The van der Waals surface area contributed by atoms with Crippen molar-refractivity contribution in [2.45, 2.75) is 12.3 Å². The van der Waals surface area contributed by atoms with E-state index in [4.69, 9.17) is 4.52 Å². The van der Waals surface area contributed by atoms with Gasteiger partial charge in [0, 0.05) is 5.52 Å². The first-order valence-electron chi connectivity index (χ1n) is 7.29. The molecule has 24 heavy (non-hydrogen) atoms. The number of benzene rings is 2. The van der Waals surface area contributed by atoms with Gasteiger partial charge in [0.2, 0.25) is 6.10 Å². The van der Waals surface area contributed by atoms with Crippen molar-refractivity contribution in [3.05, 3.63) is 71.9 Å². The first kappa shape index (κ1) is 16.5. The topological polar surface area (TPSA) is 99.6 Å². The van der Waals surface area contributed by atoms with Gasteiger partial charge in [0.1, 0.15) is 0 Å². The average molecular weight is 345 g/mol. The summed E-state index contributed by atoms with van der Waals surface area (Å²) in [6, 6.07) is 17.5. The van der Waals surface area contributed by atoms with Gasteiger partial charge in [-0.1, -0.05) is 48.5 Å². The van der Waals surface area contributed by atoms with Crippen LogP contribution in [0.5, 0.6) is 0 Å². The van der Waals surface area contributed by atoms with Crippen LogP contribution in [-0.2, 0) is 20.0 Å². The van der Waals surface area contributed by atoms with E-state index in [9.17, 15) is 19.4 Å². The highest BCUT2D eigenvalue weighted by atomic mass is 31.2. The van der Waals surface area contributed by atoms with Crippen LogP contribution in [-0.4, -0.2) is 21.0 Å². The monoisotopic (exact) mass is 345 g/mol. The number of aromatic amines is 1. The van der Waals surface area contributed by atoms with Crippen LogP contribution in [0, 0.1) is 0 Å². The first-order chi connectivity index (χ1) is 11.4.